The topological polar surface area (TPSA) is 94.5 Å². The number of nitrogens with one attached hydrogen (secondary N) is 2. The molecule has 1 saturated heterocycles. The third-order valence-corrected chi connectivity index (χ3v) is 4.53. The molecule has 2 aromatic rings. The van der Waals surface area contributed by atoms with E-state index in [2.05, 4.69) is 10.6 Å². The molecule has 1 aliphatic rings. The number of benzene rings is 2. The van der Waals surface area contributed by atoms with E-state index in [1.807, 2.05) is 36.4 Å². The molecule has 1 atom stereocenters. The lowest BCUT2D eigenvalue weighted by molar-refractivity contribution is -0.121. The van der Waals surface area contributed by atoms with Crippen LogP contribution in [0.15, 0.2) is 54.6 Å². The summed E-state index contributed by atoms with van der Waals surface area (Å²) in [6, 6.07) is 17.8. The maximum atomic E-state index is 12.6. The average Bonchev–Trinajstić information content (AvgIpc) is 2.74. The SMILES string of the molecule is N#CCOc1ccc(NC(=O)[C@@H]2CCCN(C(=O)Nc3ccccc3)C2)cc1. The van der Waals surface area contributed by atoms with E-state index >= 15 is 0 Å². The third-order valence-electron chi connectivity index (χ3n) is 4.53. The molecule has 7 nitrogen and oxygen atoms in total. The second-order valence-electron chi connectivity index (χ2n) is 6.54. The Balaban J connectivity index is 1.54. The number of urea groups is 1. The van der Waals surface area contributed by atoms with E-state index in [0.717, 1.165) is 18.5 Å². The largest absolute Gasteiger partial charge is 0.479 e. The van der Waals surface area contributed by atoms with Crippen LogP contribution in [0.1, 0.15) is 12.8 Å². The van der Waals surface area contributed by atoms with Crippen LogP contribution in [0.4, 0.5) is 16.2 Å². The summed E-state index contributed by atoms with van der Waals surface area (Å²) < 4.78 is 5.20. The maximum Gasteiger partial charge on any atom is 0.321 e. The molecule has 2 aromatic carbocycles. The first kappa shape index (κ1) is 19.2. The molecule has 1 heterocycles. The van der Waals surface area contributed by atoms with Crippen molar-refractivity contribution < 1.29 is 14.3 Å². The van der Waals surface area contributed by atoms with Crippen molar-refractivity contribution in [3.8, 4) is 11.8 Å². The van der Waals surface area contributed by atoms with E-state index in [4.69, 9.17) is 10.00 Å². The van der Waals surface area contributed by atoms with E-state index in [1.165, 1.54) is 0 Å². The molecule has 0 aliphatic carbocycles. The lowest BCUT2D eigenvalue weighted by Gasteiger charge is -2.32. The van der Waals surface area contributed by atoms with Gasteiger partial charge in [-0.05, 0) is 49.2 Å². The fourth-order valence-electron chi connectivity index (χ4n) is 3.09. The summed E-state index contributed by atoms with van der Waals surface area (Å²) in [5.41, 5.74) is 1.39. The van der Waals surface area contributed by atoms with Gasteiger partial charge in [-0.3, -0.25) is 4.79 Å². The second kappa shape index (κ2) is 9.42. The highest BCUT2D eigenvalue weighted by Crippen LogP contribution is 2.21. The molecule has 28 heavy (non-hydrogen) atoms. The predicted octanol–water partition coefficient (Wildman–Crippen LogP) is 3.47. The van der Waals surface area contributed by atoms with Crippen LogP contribution >= 0.6 is 0 Å². The van der Waals surface area contributed by atoms with Crippen molar-refractivity contribution in [1.82, 2.24) is 4.90 Å². The smallest absolute Gasteiger partial charge is 0.321 e. The highest BCUT2D eigenvalue weighted by atomic mass is 16.5. The highest BCUT2D eigenvalue weighted by molar-refractivity contribution is 5.94. The number of hydrogen-bond acceptors (Lipinski definition) is 4. The lowest BCUT2D eigenvalue weighted by Crippen LogP contribution is -2.45. The van der Waals surface area contributed by atoms with E-state index in [-0.39, 0.29) is 24.5 Å². The zero-order valence-electron chi connectivity index (χ0n) is 15.4. The Morgan fingerprint density at radius 3 is 2.50 bits per heavy atom. The summed E-state index contributed by atoms with van der Waals surface area (Å²) in [5, 5.41) is 14.3. The number of likely N-dealkylation sites (tertiary alicyclic amines) is 1. The minimum atomic E-state index is -0.259. The fraction of sp³-hybridized carbons (Fsp3) is 0.286. The Morgan fingerprint density at radius 1 is 1.07 bits per heavy atom. The van der Waals surface area contributed by atoms with Crippen LogP contribution in [0.5, 0.6) is 5.75 Å². The van der Waals surface area contributed by atoms with Gasteiger partial charge < -0.3 is 20.3 Å². The molecular weight excluding hydrogens is 356 g/mol. The Kier molecular flexibility index (Phi) is 6.47. The van der Waals surface area contributed by atoms with Crippen molar-refractivity contribution in [2.24, 2.45) is 5.92 Å². The number of anilines is 2. The van der Waals surface area contributed by atoms with Crippen LogP contribution in [-0.4, -0.2) is 36.5 Å². The zero-order valence-corrected chi connectivity index (χ0v) is 15.4. The summed E-state index contributed by atoms with van der Waals surface area (Å²) in [5.74, 6) is 0.202. The van der Waals surface area contributed by atoms with Gasteiger partial charge in [0.2, 0.25) is 5.91 Å². The van der Waals surface area contributed by atoms with Crippen molar-refractivity contribution in [3.63, 3.8) is 0 Å². The van der Waals surface area contributed by atoms with Crippen LogP contribution in [0.2, 0.25) is 0 Å². The van der Waals surface area contributed by atoms with E-state index in [9.17, 15) is 9.59 Å². The number of para-hydroxylation sites is 1. The standard InChI is InChI=1S/C21H22N4O3/c22-12-14-28-19-10-8-18(9-11-19)23-20(26)16-5-4-13-25(15-16)21(27)24-17-6-2-1-3-7-17/h1-3,6-11,16H,4-5,13-15H2,(H,23,26)(H,24,27)/t16-/m1/s1. The highest BCUT2D eigenvalue weighted by Gasteiger charge is 2.28. The molecule has 1 aliphatic heterocycles. The van der Waals surface area contributed by atoms with Gasteiger partial charge in [-0.2, -0.15) is 5.26 Å². The number of ether oxygens (including phenoxy) is 1. The molecule has 0 aromatic heterocycles. The molecular formula is C21H22N4O3. The minimum Gasteiger partial charge on any atom is -0.479 e. The predicted molar refractivity (Wildman–Crippen MR) is 106 cm³/mol. The van der Waals surface area contributed by atoms with Crippen LogP contribution in [0.25, 0.3) is 0 Å². The summed E-state index contributed by atoms with van der Waals surface area (Å²) in [7, 11) is 0. The number of carbonyl (C=O) groups excluding carboxylic acids is 2. The van der Waals surface area contributed by atoms with Gasteiger partial charge in [0.1, 0.15) is 11.8 Å². The number of carbonyl (C=O) groups is 2. The van der Waals surface area contributed by atoms with E-state index in [0.29, 0.717) is 24.5 Å². The third kappa shape index (κ3) is 5.24. The average molecular weight is 378 g/mol. The first-order valence-corrected chi connectivity index (χ1v) is 9.17. The van der Waals surface area contributed by atoms with Crippen LogP contribution in [0, 0.1) is 17.2 Å². The normalized spacial score (nSPS) is 16.0. The van der Waals surface area contributed by atoms with Crippen molar-refractivity contribution >= 4 is 23.3 Å². The van der Waals surface area contributed by atoms with Crippen molar-refractivity contribution in [2.75, 3.05) is 30.3 Å². The lowest BCUT2D eigenvalue weighted by atomic mass is 9.97. The molecule has 0 unspecified atom stereocenters. The molecule has 7 heteroatoms. The molecule has 0 saturated carbocycles. The zero-order chi connectivity index (χ0) is 19.8. The number of amides is 3. The van der Waals surface area contributed by atoms with Gasteiger partial charge in [-0.25, -0.2) is 4.79 Å². The molecule has 0 bridgehead atoms. The van der Waals surface area contributed by atoms with Crippen molar-refractivity contribution in [2.45, 2.75) is 12.8 Å². The number of rotatable bonds is 5. The van der Waals surface area contributed by atoms with Gasteiger partial charge in [0.25, 0.3) is 0 Å². The molecule has 0 radical (unpaired) electrons. The maximum absolute atomic E-state index is 12.6. The molecule has 144 valence electrons. The fourth-order valence-corrected chi connectivity index (χ4v) is 3.09. The van der Waals surface area contributed by atoms with Gasteiger partial charge in [-0.1, -0.05) is 18.2 Å². The van der Waals surface area contributed by atoms with Gasteiger partial charge in [0.05, 0.1) is 5.92 Å². The summed E-state index contributed by atoms with van der Waals surface area (Å²) in [4.78, 5) is 26.8. The Hall–Kier alpha value is -3.53. The van der Waals surface area contributed by atoms with E-state index in [1.54, 1.807) is 29.2 Å². The first-order valence-electron chi connectivity index (χ1n) is 9.17. The summed E-state index contributed by atoms with van der Waals surface area (Å²) >= 11 is 0. The summed E-state index contributed by atoms with van der Waals surface area (Å²) in [6.45, 7) is 0.996. The molecule has 2 N–H and O–H groups in total. The Morgan fingerprint density at radius 2 is 1.79 bits per heavy atom. The first-order chi connectivity index (χ1) is 13.7. The van der Waals surface area contributed by atoms with Crippen LogP contribution < -0.4 is 15.4 Å². The van der Waals surface area contributed by atoms with E-state index < -0.39 is 0 Å². The molecule has 0 spiro atoms. The monoisotopic (exact) mass is 378 g/mol. The number of piperidine rings is 1. The van der Waals surface area contributed by atoms with Crippen LogP contribution in [-0.2, 0) is 4.79 Å². The minimum absolute atomic E-state index is 0.0192. The number of nitriles is 1. The quantitative estimate of drug-likeness (QED) is 0.833. The van der Waals surface area contributed by atoms with Crippen LogP contribution in [0.3, 0.4) is 0 Å². The molecule has 3 rings (SSSR count). The number of nitrogens with zero attached hydrogens (tertiary/aromatic N) is 2. The van der Waals surface area contributed by atoms with Crippen molar-refractivity contribution in [1.29, 1.82) is 5.26 Å². The molecule has 1 fully saturated rings. The van der Waals surface area contributed by atoms with Gasteiger partial charge in [0, 0.05) is 24.5 Å². The summed E-state index contributed by atoms with van der Waals surface area (Å²) in [6.07, 6.45) is 1.52. The Bertz CT molecular complexity index is 846. The second-order valence-corrected chi connectivity index (χ2v) is 6.54. The molecule has 3 amide bonds. The van der Waals surface area contributed by atoms with Gasteiger partial charge >= 0.3 is 6.03 Å². The Labute approximate surface area is 163 Å². The number of hydrogen-bond donors (Lipinski definition) is 2. The van der Waals surface area contributed by atoms with Gasteiger partial charge in [-0.15, -0.1) is 0 Å². The van der Waals surface area contributed by atoms with Crippen molar-refractivity contribution in [3.05, 3.63) is 54.6 Å². The van der Waals surface area contributed by atoms with Gasteiger partial charge in [0.15, 0.2) is 6.61 Å².